The van der Waals surface area contributed by atoms with Crippen LogP contribution < -0.4 is 4.72 Å². The molecule has 1 rings (SSSR count). The van der Waals surface area contributed by atoms with E-state index in [1.807, 2.05) is 0 Å². The maximum Gasteiger partial charge on any atom is 0.416 e. The van der Waals surface area contributed by atoms with Crippen molar-refractivity contribution in [3.8, 4) is 0 Å². The van der Waals surface area contributed by atoms with Crippen molar-refractivity contribution in [2.24, 2.45) is 0 Å². The summed E-state index contributed by atoms with van der Waals surface area (Å²) in [5.41, 5.74) is -1.79. The van der Waals surface area contributed by atoms with Gasteiger partial charge in [0, 0.05) is 0 Å². The summed E-state index contributed by atoms with van der Waals surface area (Å²) in [5.74, 6) is 0. The van der Waals surface area contributed by atoms with Crippen molar-refractivity contribution >= 4 is 21.1 Å². The largest absolute Gasteiger partial charge is 0.416 e. The molecule has 2 unspecified atom stereocenters. The summed E-state index contributed by atoms with van der Waals surface area (Å²) < 4.78 is 80.8. The lowest BCUT2D eigenvalue weighted by atomic mass is 9.89. The summed E-state index contributed by atoms with van der Waals surface area (Å²) >= 11 is 0. The Kier molecular flexibility index (Phi) is 7.06. The Morgan fingerprint density at radius 3 is 2.12 bits per heavy atom. The molecule has 5 nitrogen and oxygen atoms in total. The Morgan fingerprint density at radius 1 is 1.12 bits per heavy atom. The van der Waals surface area contributed by atoms with E-state index in [2.05, 4.69) is 4.72 Å². The smallest absolute Gasteiger partial charge is 0.270 e. The Hall–Kier alpha value is -0.970. The highest BCUT2D eigenvalue weighted by Crippen LogP contribution is 2.34. The fourth-order valence-electron chi connectivity index (χ4n) is 2.05. The van der Waals surface area contributed by atoms with E-state index in [9.17, 15) is 25.8 Å². The predicted molar refractivity (Wildman–Crippen MR) is 95.2 cm³/mol. The van der Waals surface area contributed by atoms with Crippen LogP contribution in [-0.2, 0) is 37.0 Å². The number of rotatable bonds is 7. The molecule has 150 valence electrons. The van der Waals surface area contributed by atoms with Crippen molar-refractivity contribution in [1.82, 2.24) is 4.72 Å². The van der Waals surface area contributed by atoms with E-state index in [4.69, 9.17) is 4.18 Å². The van der Waals surface area contributed by atoms with Gasteiger partial charge in [-0.15, -0.1) is 0 Å². The van der Waals surface area contributed by atoms with Crippen LogP contribution in [0.1, 0.15) is 45.2 Å². The van der Waals surface area contributed by atoms with Crippen molar-refractivity contribution in [2.75, 3.05) is 12.9 Å². The van der Waals surface area contributed by atoms with Gasteiger partial charge in [0.1, 0.15) is 0 Å². The fourth-order valence-corrected chi connectivity index (χ4v) is 3.37. The van der Waals surface area contributed by atoms with Gasteiger partial charge in [0.05, 0.1) is 39.7 Å². The van der Waals surface area contributed by atoms with E-state index in [1.54, 1.807) is 27.7 Å². The number of alkyl halides is 3. The van der Waals surface area contributed by atoms with Crippen LogP contribution in [0.4, 0.5) is 13.2 Å². The molecule has 0 bridgehead atoms. The molecule has 0 fully saturated rings. The quantitative estimate of drug-likeness (QED) is 0.694. The molecule has 1 aromatic rings. The Balaban J connectivity index is 3.24. The second-order valence-corrected chi connectivity index (χ2v) is 10.8. The summed E-state index contributed by atoms with van der Waals surface area (Å²) in [5, 5.41) is 0. The second-order valence-electron chi connectivity index (χ2n) is 7.17. The zero-order valence-electron chi connectivity index (χ0n) is 15.3. The normalized spacial score (nSPS) is 16.9. The van der Waals surface area contributed by atoms with E-state index in [0.29, 0.717) is 0 Å². The molecule has 26 heavy (non-hydrogen) atoms. The van der Waals surface area contributed by atoms with Gasteiger partial charge in [0.2, 0.25) is 0 Å². The highest BCUT2D eigenvalue weighted by molar-refractivity contribution is 7.86. The molecule has 0 heterocycles. The maximum atomic E-state index is 13.0. The summed E-state index contributed by atoms with van der Waals surface area (Å²) in [6, 6.07) is 4.64. The maximum absolute atomic E-state index is 13.0. The van der Waals surface area contributed by atoms with Crippen molar-refractivity contribution in [3.63, 3.8) is 0 Å². The Bertz CT molecular complexity index is 757. The van der Waals surface area contributed by atoms with Crippen molar-refractivity contribution in [2.45, 2.75) is 50.6 Å². The average molecular weight is 415 g/mol. The molecule has 1 N–H and O–H groups in total. The van der Waals surface area contributed by atoms with Crippen LogP contribution in [0.2, 0.25) is 0 Å². The third kappa shape index (κ3) is 6.98. The van der Waals surface area contributed by atoms with Crippen LogP contribution in [0.5, 0.6) is 0 Å². The number of hydrogen-bond acceptors (Lipinski definition) is 4. The first-order chi connectivity index (χ1) is 11.5. The van der Waals surface area contributed by atoms with Crippen LogP contribution in [0.3, 0.4) is 0 Å². The molecule has 0 aliphatic heterocycles. The van der Waals surface area contributed by atoms with Gasteiger partial charge >= 0.3 is 6.18 Å². The van der Waals surface area contributed by atoms with Crippen LogP contribution in [0, 0.1) is 0 Å². The highest BCUT2D eigenvalue weighted by Gasteiger charge is 2.36. The summed E-state index contributed by atoms with van der Waals surface area (Å²) in [6.45, 7) is 6.46. The van der Waals surface area contributed by atoms with E-state index in [1.165, 1.54) is 12.1 Å². The molecule has 10 heteroatoms. The molecule has 0 aliphatic carbocycles. The summed E-state index contributed by atoms with van der Waals surface area (Å²) in [6.07, 6.45) is -3.64. The first kappa shape index (κ1) is 23.1. The lowest BCUT2D eigenvalue weighted by molar-refractivity contribution is -0.137. The van der Waals surface area contributed by atoms with Gasteiger partial charge in [-0.05, 0) is 51.8 Å². The van der Waals surface area contributed by atoms with Gasteiger partial charge in [-0.1, -0.05) is 12.1 Å². The molecule has 2 atom stereocenters. The monoisotopic (exact) mass is 415 g/mol. The average Bonchev–Trinajstić information content (AvgIpc) is 2.44. The number of hydrogen-bond donors (Lipinski definition) is 1. The van der Waals surface area contributed by atoms with Crippen LogP contribution in [0.15, 0.2) is 24.3 Å². The number of halogens is 3. The molecular formula is C16H24F3NO4S2. The first-order valence-corrected chi connectivity index (χ1v) is 10.7. The van der Waals surface area contributed by atoms with Gasteiger partial charge < -0.3 is 0 Å². The Labute approximate surface area is 155 Å². The second kappa shape index (κ2) is 7.95. The summed E-state index contributed by atoms with van der Waals surface area (Å²) in [4.78, 5) is 0. The van der Waals surface area contributed by atoms with E-state index in [-0.39, 0.29) is 18.6 Å². The highest BCUT2D eigenvalue weighted by atomic mass is 32.2. The molecule has 0 saturated carbocycles. The van der Waals surface area contributed by atoms with E-state index in [0.717, 1.165) is 18.4 Å². The molecule has 0 aromatic heterocycles. The molecule has 0 amide bonds. The van der Waals surface area contributed by atoms with Gasteiger partial charge in [-0.2, -0.15) is 21.6 Å². The SMILES string of the molecule is CC(CCOS(C)(=O)=O)(NS(=O)C(C)(C)C)c1cccc(C(F)(F)F)c1. The van der Waals surface area contributed by atoms with Crippen molar-refractivity contribution < 1.29 is 30.0 Å². The summed E-state index contributed by atoms with van der Waals surface area (Å²) in [7, 11) is -5.30. The third-order valence-electron chi connectivity index (χ3n) is 3.60. The lowest BCUT2D eigenvalue weighted by Crippen LogP contribution is -2.47. The first-order valence-electron chi connectivity index (χ1n) is 7.76. The molecule has 0 aliphatic rings. The molecule has 0 spiro atoms. The minimum atomic E-state index is -4.52. The van der Waals surface area contributed by atoms with Crippen LogP contribution in [-0.4, -0.2) is 30.2 Å². The molecular weight excluding hydrogens is 391 g/mol. The topological polar surface area (TPSA) is 72.5 Å². The molecule has 0 saturated heterocycles. The fraction of sp³-hybridized carbons (Fsp3) is 0.625. The molecule has 0 radical (unpaired) electrons. The van der Waals surface area contributed by atoms with Gasteiger partial charge in [-0.25, -0.2) is 8.93 Å². The zero-order chi connectivity index (χ0) is 20.4. The van der Waals surface area contributed by atoms with Crippen LogP contribution in [0.25, 0.3) is 0 Å². The van der Waals surface area contributed by atoms with E-state index >= 15 is 0 Å². The van der Waals surface area contributed by atoms with Gasteiger partial charge in [-0.3, -0.25) is 4.18 Å². The standard InChI is InChI=1S/C16H24F3NO4S2/c1-14(2,3)25(21)20-15(4,9-10-24-26(5,22)23)12-7-6-8-13(11-12)16(17,18)19/h6-8,11,20H,9-10H2,1-5H3. The zero-order valence-corrected chi connectivity index (χ0v) is 16.9. The number of nitrogens with one attached hydrogen (secondary N) is 1. The minimum Gasteiger partial charge on any atom is -0.270 e. The molecule has 1 aromatic carbocycles. The minimum absolute atomic E-state index is 0.00318. The predicted octanol–water partition coefficient (Wildman–Crippen LogP) is 3.34. The Morgan fingerprint density at radius 2 is 1.65 bits per heavy atom. The van der Waals surface area contributed by atoms with Crippen molar-refractivity contribution in [3.05, 3.63) is 35.4 Å². The van der Waals surface area contributed by atoms with Gasteiger partial charge in [0.25, 0.3) is 10.1 Å². The van der Waals surface area contributed by atoms with Crippen molar-refractivity contribution in [1.29, 1.82) is 0 Å². The van der Waals surface area contributed by atoms with Crippen LogP contribution >= 0.6 is 0 Å². The third-order valence-corrected chi connectivity index (χ3v) is 5.94. The van der Waals surface area contributed by atoms with Gasteiger partial charge in [0.15, 0.2) is 0 Å². The van der Waals surface area contributed by atoms with E-state index < -0.39 is 43.1 Å². The lowest BCUT2D eigenvalue weighted by Gasteiger charge is -2.34. The number of benzene rings is 1.